The minimum absolute atomic E-state index is 0.260. The molecule has 4 nitrogen and oxygen atoms in total. The van der Waals surface area contributed by atoms with Crippen molar-refractivity contribution in [1.29, 1.82) is 0 Å². The molecule has 0 aliphatic carbocycles. The van der Waals surface area contributed by atoms with Gasteiger partial charge in [0, 0.05) is 46.3 Å². The van der Waals surface area contributed by atoms with Gasteiger partial charge in [-0.25, -0.2) is 0 Å². The van der Waals surface area contributed by atoms with Crippen molar-refractivity contribution in [2.24, 2.45) is 9.98 Å². The van der Waals surface area contributed by atoms with Gasteiger partial charge >= 0.3 is 0 Å². The van der Waals surface area contributed by atoms with Crippen molar-refractivity contribution in [3.63, 3.8) is 0 Å². The van der Waals surface area contributed by atoms with E-state index in [-0.39, 0.29) is 23.7 Å². The average Bonchev–Trinajstić information content (AvgIpc) is 3.35. The summed E-state index contributed by atoms with van der Waals surface area (Å²) < 4.78 is 0. The Kier molecular flexibility index (Phi) is 16.4. The fraction of sp³-hybridized carbons (Fsp3) is 0.312. The second-order valence-electron chi connectivity index (χ2n) is 19.4. The molecule has 0 bridgehead atoms. The smallest absolute Gasteiger partial charge is 0.0699 e. The van der Waals surface area contributed by atoms with Gasteiger partial charge in [0.25, 0.3) is 0 Å². The van der Waals surface area contributed by atoms with Crippen LogP contribution in [0.5, 0.6) is 0 Å². The lowest BCUT2D eigenvalue weighted by atomic mass is 9.84. The predicted octanol–water partition coefficient (Wildman–Crippen LogP) is 18.8. The first-order valence-electron chi connectivity index (χ1n) is 25.3. The van der Waals surface area contributed by atoms with Crippen molar-refractivity contribution >= 4 is 46.6 Å². The van der Waals surface area contributed by atoms with E-state index in [0.29, 0.717) is 0 Å². The van der Waals surface area contributed by atoms with Crippen LogP contribution in [-0.2, 0) is 25.7 Å². The van der Waals surface area contributed by atoms with Crippen LogP contribution in [0.15, 0.2) is 143 Å². The third-order valence-electron chi connectivity index (χ3n) is 13.5. The molecule has 0 spiro atoms. The molecule has 68 heavy (non-hydrogen) atoms. The van der Waals surface area contributed by atoms with E-state index in [1.165, 1.54) is 78.1 Å². The topological polar surface area (TPSA) is 48.8 Å². The van der Waals surface area contributed by atoms with E-state index >= 15 is 0 Å². The van der Waals surface area contributed by atoms with Gasteiger partial charge in [0.1, 0.15) is 0 Å². The molecule has 0 unspecified atom stereocenters. The summed E-state index contributed by atoms with van der Waals surface area (Å²) in [6.07, 6.45) is 8.01. The minimum Gasteiger partial charge on any atom is -0.355 e. The number of benzene rings is 7. The molecule has 0 saturated carbocycles. The highest BCUT2D eigenvalue weighted by Crippen LogP contribution is 2.45. The van der Waals surface area contributed by atoms with Gasteiger partial charge in [0.05, 0.1) is 11.4 Å². The summed E-state index contributed by atoms with van der Waals surface area (Å²) in [6, 6.07) is 48.9. The lowest BCUT2D eigenvalue weighted by molar-refractivity contribution is 0.835. The average molecular weight is 899 g/mol. The van der Waals surface area contributed by atoms with Gasteiger partial charge in [-0.05, 0) is 153 Å². The Morgan fingerprint density at radius 3 is 0.971 bits per heavy atom. The summed E-state index contributed by atoms with van der Waals surface area (Å²) in [5.74, 6) is 1.04. The molecule has 0 amide bonds. The Bertz CT molecular complexity index is 2610. The van der Waals surface area contributed by atoms with E-state index < -0.39 is 0 Å². The minimum atomic E-state index is 0.260. The first-order chi connectivity index (χ1) is 32.9. The van der Waals surface area contributed by atoms with Crippen LogP contribution in [0.2, 0.25) is 0 Å². The summed E-state index contributed by atoms with van der Waals surface area (Å²) in [5, 5.41) is 7.66. The Morgan fingerprint density at radius 1 is 0.382 bits per heavy atom. The largest absolute Gasteiger partial charge is 0.355 e. The van der Waals surface area contributed by atoms with Gasteiger partial charge in [0.2, 0.25) is 0 Å². The van der Waals surface area contributed by atoms with E-state index in [9.17, 15) is 0 Å². The maximum atomic E-state index is 5.39. The number of aryl methyl sites for hydroxylation is 4. The van der Waals surface area contributed by atoms with Crippen LogP contribution >= 0.6 is 0 Å². The Balaban J connectivity index is 1.29. The van der Waals surface area contributed by atoms with Gasteiger partial charge in [0.15, 0.2) is 0 Å². The molecule has 0 fully saturated rings. The Labute approximate surface area is 409 Å². The number of hydrogen-bond acceptors (Lipinski definition) is 4. The van der Waals surface area contributed by atoms with E-state index in [2.05, 4.69) is 240 Å². The van der Waals surface area contributed by atoms with Crippen molar-refractivity contribution < 1.29 is 0 Å². The molecule has 0 aromatic heterocycles. The molecule has 4 heteroatoms. The molecule has 7 aromatic carbocycles. The zero-order valence-corrected chi connectivity index (χ0v) is 42.9. The standard InChI is InChI=1S/C64H74N4/c1-13-45-27-23-28-46(14-2)61(45)67-59-33-21-17-25-49(59)39-65-63-55(41(5)6)35-51(36-56(63)42(7)8)53-31-19-20-32-54(53)52-37-57(43(9)10)64(58(38-52)44(11)12)66-40-50-26-18-22-34-60(50)68-62-47(15-3)29-24-30-48(62)16-4/h17-44,67-68H,13-16H2,1-12H3. The van der Waals surface area contributed by atoms with Crippen LogP contribution in [0.1, 0.15) is 162 Å². The van der Waals surface area contributed by atoms with Crippen LogP contribution in [0.25, 0.3) is 22.3 Å². The van der Waals surface area contributed by atoms with Crippen LogP contribution < -0.4 is 10.6 Å². The normalized spacial score (nSPS) is 11.9. The number of aliphatic imine (C=N–C) groups is 2. The Hall–Kier alpha value is -6.52. The molecular weight excluding hydrogens is 825 g/mol. The molecular formula is C64H74N4. The predicted molar refractivity (Wildman–Crippen MR) is 298 cm³/mol. The van der Waals surface area contributed by atoms with Crippen molar-refractivity contribution in [2.75, 3.05) is 10.6 Å². The van der Waals surface area contributed by atoms with Gasteiger partial charge < -0.3 is 10.6 Å². The zero-order chi connectivity index (χ0) is 48.5. The second-order valence-corrected chi connectivity index (χ2v) is 19.4. The maximum absolute atomic E-state index is 5.39. The lowest BCUT2D eigenvalue weighted by Gasteiger charge is -2.22. The highest BCUT2D eigenvalue weighted by Gasteiger charge is 2.21. The molecule has 0 saturated heterocycles. The number of rotatable bonds is 18. The SMILES string of the molecule is CCc1cccc(CC)c1Nc1ccccc1C=Nc1c(C(C)C)cc(-c2ccccc2-c2cc(C(C)C)c(N=Cc3ccccc3Nc3c(CC)cccc3CC)c(C(C)C)c2)cc1C(C)C. The second kappa shape index (κ2) is 22.5. The number of hydrogen-bond donors (Lipinski definition) is 2. The van der Waals surface area contributed by atoms with Crippen molar-refractivity contribution in [3.05, 3.63) is 189 Å². The fourth-order valence-electron chi connectivity index (χ4n) is 9.51. The van der Waals surface area contributed by atoms with Crippen LogP contribution in [0.4, 0.5) is 34.1 Å². The molecule has 2 N–H and O–H groups in total. The maximum Gasteiger partial charge on any atom is 0.0699 e. The number of nitrogens with one attached hydrogen (secondary N) is 2. The van der Waals surface area contributed by atoms with E-state index in [1.54, 1.807) is 0 Å². The van der Waals surface area contributed by atoms with Crippen molar-refractivity contribution in [3.8, 4) is 22.3 Å². The molecule has 0 atom stereocenters. The number of anilines is 4. The van der Waals surface area contributed by atoms with Gasteiger partial charge in [-0.1, -0.05) is 180 Å². The quantitative estimate of drug-likeness (QED) is 0.0843. The highest BCUT2D eigenvalue weighted by molar-refractivity contribution is 5.94. The van der Waals surface area contributed by atoms with E-state index in [0.717, 1.165) is 59.6 Å². The van der Waals surface area contributed by atoms with E-state index in [4.69, 9.17) is 9.98 Å². The lowest BCUT2D eigenvalue weighted by Crippen LogP contribution is -2.03. The molecule has 0 radical (unpaired) electrons. The van der Waals surface area contributed by atoms with Gasteiger partial charge in [-0.15, -0.1) is 0 Å². The molecule has 7 rings (SSSR count). The fourth-order valence-corrected chi connectivity index (χ4v) is 9.51. The zero-order valence-electron chi connectivity index (χ0n) is 42.9. The van der Waals surface area contributed by atoms with Crippen LogP contribution in [0, 0.1) is 0 Å². The van der Waals surface area contributed by atoms with Crippen LogP contribution in [0.3, 0.4) is 0 Å². The molecule has 0 aliphatic heterocycles. The number of para-hydroxylation sites is 4. The van der Waals surface area contributed by atoms with Crippen molar-refractivity contribution in [2.45, 2.75) is 132 Å². The van der Waals surface area contributed by atoms with Gasteiger partial charge in [-0.2, -0.15) is 0 Å². The summed E-state index contributed by atoms with van der Waals surface area (Å²) in [7, 11) is 0. The third-order valence-corrected chi connectivity index (χ3v) is 13.5. The van der Waals surface area contributed by atoms with Crippen molar-refractivity contribution in [1.82, 2.24) is 0 Å². The first-order valence-corrected chi connectivity index (χ1v) is 25.3. The number of nitrogens with zero attached hydrogens (tertiary/aromatic N) is 2. The molecule has 0 heterocycles. The third kappa shape index (κ3) is 10.9. The summed E-state index contributed by atoms with van der Waals surface area (Å²) in [4.78, 5) is 10.8. The molecule has 0 aliphatic rings. The van der Waals surface area contributed by atoms with E-state index in [1.807, 2.05) is 0 Å². The highest BCUT2D eigenvalue weighted by atomic mass is 14.9. The molecule has 7 aromatic rings. The first kappa shape index (κ1) is 49.4. The van der Waals surface area contributed by atoms with Crippen LogP contribution in [-0.4, -0.2) is 12.4 Å². The summed E-state index contributed by atoms with van der Waals surface area (Å²) >= 11 is 0. The summed E-state index contributed by atoms with van der Waals surface area (Å²) in [5.41, 5.74) is 24.0. The Morgan fingerprint density at radius 2 is 0.676 bits per heavy atom. The molecule has 350 valence electrons. The monoisotopic (exact) mass is 899 g/mol. The van der Waals surface area contributed by atoms with Gasteiger partial charge in [-0.3, -0.25) is 9.98 Å². The summed E-state index contributed by atoms with van der Waals surface area (Å²) in [6.45, 7) is 27.3.